The summed E-state index contributed by atoms with van der Waals surface area (Å²) in [7, 11) is 0. The van der Waals surface area contributed by atoms with Crippen molar-refractivity contribution in [1.82, 2.24) is 5.32 Å². The number of carbonyl (C=O) groups excluding carboxylic acids is 3. The molecule has 1 fully saturated rings. The predicted octanol–water partition coefficient (Wildman–Crippen LogP) is 2.11. The zero-order valence-electron chi connectivity index (χ0n) is 15.2. The Hall–Kier alpha value is -2.06. The molecule has 1 aromatic rings. The van der Waals surface area contributed by atoms with Gasteiger partial charge in [-0.25, -0.2) is 0 Å². The van der Waals surface area contributed by atoms with Crippen LogP contribution in [0.4, 0.5) is 5.69 Å². The standard InChI is InChI=1S/C19H24N2O5S/c1-2-14(18(23)20-11-12-6-5-9-25-12)26-17(22)10-16-19(24)21-13-7-3-4-8-15(13)27-16/h3-4,7-8,12,14,16H,2,5-6,9-11H2,1H3,(H,20,23)(H,21,24)/t12-,14-,16-/m0/s1. The number of esters is 1. The molecule has 2 heterocycles. The predicted molar refractivity (Wildman–Crippen MR) is 101 cm³/mol. The number of nitrogens with one attached hydrogen (secondary N) is 2. The van der Waals surface area contributed by atoms with Crippen LogP contribution in [-0.2, 0) is 23.9 Å². The van der Waals surface area contributed by atoms with Crippen molar-refractivity contribution < 1.29 is 23.9 Å². The van der Waals surface area contributed by atoms with Crippen molar-refractivity contribution in [1.29, 1.82) is 0 Å². The number of carbonyl (C=O) groups is 3. The molecule has 8 heteroatoms. The van der Waals surface area contributed by atoms with Crippen LogP contribution in [0.15, 0.2) is 29.2 Å². The van der Waals surface area contributed by atoms with Crippen LogP contribution in [0, 0.1) is 0 Å². The molecule has 0 saturated carbocycles. The molecule has 3 rings (SSSR count). The summed E-state index contributed by atoms with van der Waals surface area (Å²) in [5, 5.41) is 5.01. The van der Waals surface area contributed by atoms with E-state index in [1.165, 1.54) is 11.8 Å². The Labute approximate surface area is 162 Å². The smallest absolute Gasteiger partial charge is 0.308 e. The van der Waals surface area contributed by atoms with E-state index in [4.69, 9.17) is 9.47 Å². The minimum absolute atomic E-state index is 0.0320. The van der Waals surface area contributed by atoms with Gasteiger partial charge in [0.1, 0.15) is 0 Å². The molecule has 0 aromatic heterocycles. The van der Waals surface area contributed by atoms with E-state index in [-0.39, 0.29) is 24.3 Å². The fourth-order valence-corrected chi connectivity index (χ4v) is 4.14. The van der Waals surface area contributed by atoms with Gasteiger partial charge in [-0.2, -0.15) is 0 Å². The summed E-state index contributed by atoms with van der Waals surface area (Å²) >= 11 is 1.33. The number of anilines is 1. The molecule has 1 aromatic carbocycles. The molecule has 146 valence electrons. The van der Waals surface area contributed by atoms with Crippen molar-refractivity contribution >= 4 is 35.2 Å². The zero-order chi connectivity index (χ0) is 19.2. The van der Waals surface area contributed by atoms with Crippen molar-refractivity contribution in [2.45, 2.75) is 55.0 Å². The Balaban J connectivity index is 1.49. The van der Waals surface area contributed by atoms with E-state index < -0.39 is 17.3 Å². The summed E-state index contributed by atoms with van der Waals surface area (Å²) in [4.78, 5) is 37.7. The Morgan fingerprint density at radius 1 is 1.41 bits per heavy atom. The highest BCUT2D eigenvalue weighted by molar-refractivity contribution is 8.01. The van der Waals surface area contributed by atoms with Gasteiger partial charge in [-0.15, -0.1) is 11.8 Å². The van der Waals surface area contributed by atoms with Gasteiger partial charge >= 0.3 is 5.97 Å². The molecule has 1 saturated heterocycles. The summed E-state index contributed by atoms with van der Waals surface area (Å²) in [6.07, 6.45) is 1.38. The van der Waals surface area contributed by atoms with Crippen LogP contribution in [0.5, 0.6) is 0 Å². The molecule has 0 radical (unpaired) electrons. The minimum atomic E-state index is -0.858. The van der Waals surface area contributed by atoms with Crippen LogP contribution in [0.3, 0.4) is 0 Å². The monoisotopic (exact) mass is 392 g/mol. The van der Waals surface area contributed by atoms with Gasteiger partial charge < -0.3 is 20.1 Å². The summed E-state index contributed by atoms with van der Waals surface area (Å²) in [5.74, 6) is -1.11. The van der Waals surface area contributed by atoms with Gasteiger partial charge in [0, 0.05) is 18.0 Å². The van der Waals surface area contributed by atoms with E-state index in [2.05, 4.69) is 10.6 Å². The Morgan fingerprint density at radius 3 is 2.96 bits per heavy atom. The molecule has 2 N–H and O–H groups in total. The van der Waals surface area contributed by atoms with Crippen LogP contribution in [0.25, 0.3) is 0 Å². The third-order valence-electron chi connectivity index (χ3n) is 4.52. The zero-order valence-corrected chi connectivity index (χ0v) is 16.1. The topological polar surface area (TPSA) is 93.7 Å². The molecule has 7 nitrogen and oxygen atoms in total. The van der Waals surface area contributed by atoms with Gasteiger partial charge in [-0.3, -0.25) is 14.4 Å². The molecule has 0 aliphatic carbocycles. The molecule has 27 heavy (non-hydrogen) atoms. The fraction of sp³-hybridized carbons (Fsp3) is 0.526. The lowest BCUT2D eigenvalue weighted by atomic mass is 10.2. The van der Waals surface area contributed by atoms with E-state index >= 15 is 0 Å². The average Bonchev–Trinajstić information content (AvgIpc) is 3.18. The quantitative estimate of drug-likeness (QED) is 0.691. The largest absolute Gasteiger partial charge is 0.452 e. The van der Waals surface area contributed by atoms with Gasteiger partial charge in [-0.1, -0.05) is 19.1 Å². The maximum absolute atomic E-state index is 12.3. The number of rotatable bonds is 7. The lowest BCUT2D eigenvalue weighted by Gasteiger charge is -2.24. The maximum atomic E-state index is 12.3. The Bertz CT molecular complexity index is 705. The number of fused-ring (bicyclic) bond motifs is 1. The Morgan fingerprint density at radius 2 is 2.22 bits per heavy atom. The van der Waals surface area contributed by atoms with E-state index in [1.54, 1.807) is 6.92 Å². The first-order chi connectivity index (χ1) is 13.1. The Kier molecular flexibility index (Phi) is 6.73. The lowest BCUT2D eigenvalue weighted by Crippen LogP contribution is -2.41. The summed E-state index contributed by atoms with van der Waals surface area (Å²) in [5.41, 5.74) is 0.747. The first kappa shape index (κ1) is 19.7. The van der Waals surface area contributed by atoms with Crippen molar-refractivity contribution in [2.75, 3.05) is 18.5 Å². The molecule has 2 aliphatic heterocycles. The van der Waals surface area contributed by atoms with Crippen molar-refractivity contribution in [3.63, 3.8) is 0 Å². The lowest BCUT2D eigenvalue weighted by molar-refractivity contribution is -0.156. The van der Waals surface area contributed by atoms with Crippen molar-refractivity contribution in [3.05, 3.63) is 24.3 Å². The minimum Gasteiger partial charge on any atom is -0.452 e. The first-order valence-corrected chi connectivity index (χ1v) is 10.1. The first-order valence-electron chi connectivity index (χ1n) is 9.22. The molecule has 2 amide bonds. The van der Waals surface area contributed by atoms with Crippen LogP contribution in [0.2, 0.25) is 0 Å². The van der Waals surface area contributed by atoms with E-state index in [9.17, 15) is 14.4 Å². The van der Waals surface area contributed by atoms with Gasteiger partial charge in [0.2, 0.25) is 5.91 Å². The van der Waals surface area contributed by atoms with Crippen molar-refractivity contribution in [2.24, 2.45) is 0 Å². The number of benzene rings is 1. The highest BCUT2D eigenvalue weighted by Crippen LogP contribution is 2.36. The van der Waals surface area contributed by atoms with E-state index in [1.807, 2.05) is 24.3 Å². The highest BCUT2D eigenvalue weighted by Gasteiger charge is 2.31. The SMILES string of the molecule is CC[C@H](OC(=O)C[C@@H]1Sc2ccccc2NC1=O)C(=O)NC[C@@H]1CCCO1. The van der Waals surface area contributed by atoms with Crippen LogP contribution in [0.1, 0.15) is 32.6 Å². The number of hydrogen-bond acceptors (Lipinski definition) is 6. The van der Waals surface area contributed by atoms with Gasteiger partial charge in [0.15, 0.2) is 6.10 Å². The van der Waals surface area contributed by atoms with E-state index in [0.717, 1.165) is 30.0 Å². The second kappa shape index (κ2) is 9.23. The molecule has 3 atom stereocenters. The molecule has 0 bridgehead atoms. The van der Waals surface area contributed by atoms with Crippen LogP contribution < -0.4 is 10.6 Å². The number of amides is 2. The average molecular weight is 392 g/mol. The molecular formula is C19H24N2O5S. The fourth-order valence-electron chi connectivity index (χ4n) is 3.04. The second-order valence-electron chi connectivity index (χ2n) is 6.56. The van der Waals surface area contributed by atoms with Gasteiger partial charge in [-0.05, 0) is 31.4 Å². The second-order valence-corrected chi connectivity index (χ2v) is 7.81. The number of hydrogen-bond donors (Lipinski definition) is 2. The third-order valence-corrected chi connectivity index (χ3v) is 5.80. The number of thioether (sulfide) groups is 1. The maximum Gasteiger partial charge on any atom is 0.308 e. The number of para-hydroxylation sites is 1. The summed E-state index contributed by atoms with van der Waals surface area (Å²) in [6.45, 7) is 2.92. The number of ether oxygens (including phenoxy) is 2. The van der Waals surface area contributed by atoms with E-state index in [0.29, 0.717) is 13.0 Å². The molecule has 2 aliphatic rings. The van der Waals surface area contributed by atoms with Crippen molar-refractivity contribution in [3.8, 4) is 0 Å². The van der Waals surface area contributed by atoms with Gasteiger partial charge in [0.05, 0.1) is 23.5 Å². The van der Waals surface area contributed by atoms with Gasteiger partial charge in [0.25, 0.3) is 5.91 Å². The van der Waals surface area contributed by atoms with Crippen LogP contribution >= 0.6 is 11.8 Å². The normalized spacial score (nSPS) is 22.5. The molecule has 0 unspecified atom stereocenters. The highest BCUT2D eigenvalue weighted by atomic mass is 32.2. The molecular weight excluding hydrogens is 368 g/mol. The third kappa shape index (κ3) is 5.23. The summed E-state index contributed by atoms with van der Waals surface area (Å²) in [6, 6.07) is 7.44. The molecule has 0 spiro atoms. The summed E-state index contributed by atoms with van der Waals surface area (Å²) < 4.78 is 10.8. The van der Waals surface area contributed by atoms with Crippen LogP contribution in [-0.4, -0.2) is 48.4 Å².